The number of nitrogens with zero attached hydrogens (tertiary/aromatic N) is 1. The average molecular weight is 256 g/mol. The number of likely N-dealkylation sites (tertiary alicyclic amines) is 1. The van der Waals surface area contributed by atoms with Crippen molar-refractivity contribution in [2.75, 3.05) is 25.0 Å². The van der Waals surface area contributed by atoms with E-state index in [2.05, 4.69) is 18.2 Å². The molecule has 1 atom stereocenters. The quantitative estimate of drug-likeness (QED) is 0.842. The van der Waals surface area contributed by atoms with Gasteiger partial charge < -0.3 is 10.2 Å². The number of piperidine rings is 1. The molecular weight excluding hydrogens is 236 g/mol. The second-order valence-electron chi connectivity index (χ2n) is 5.17. The predicted octanol–water partition coefficient (Wildman–Crippen LogP) is 2.34. The van der Waals surface area contributed by atoms with Crippen LogP contribution >= 0.6 is 0 Å². The van der Waals surface area contributed by atoms with E-state index in [1.807, 2.05) is 29.2 Å². The second kappa shape index (κ2) is 6.29. The van der Waals surface area contributed by atoms with E-state index in [1.54, 1.807) is 0 Å². The SMILES string of the molecule is C#Cc1cccc(NCC(=O)N2CCCC(C)C2)c1. The largest absolute Gasteiger partial charge is 0.376 e. The summed E-state index contributed by atoms with van der Waals surface area (Å²) in [7, 11) is 0. The van der Waals surface area contributed by atoms with Crippen molar-refractivity contribution in [1.82, 2.24) is 4.90 Å². The molecule has 0 bridgehead atoms. The Hall–Kier alpha value is -1.95. The highest BCUT2D eigenvalue weighted by molar-refractivity contribution is 5.81. The Morgan fingerprint density at radius 3 is 3.16 bits per heavy atom. The summed E-state index contributed by atoms with van der Waals surface area (Å²) in [4.78, 5) is 14.0. The fraction of sp³-hybridized carbons (Fsp3) is 0.438. The van der Waals surface area contributed by atoms with Gasteiger partial charge in [0, 0.05) is 24.3 Å². The normalized spacial score (nSPS) is 18.7. The van der Waals surface area contributed by atoms with Gasteiger partial charge in [0.05, 0.1) is 6.54 Å². The van der Waals surface area contributed by atoms with E-state index in [0.717, 1.165) is 30.8 Å². The number of hydrogen-bond donors (Lipinski definition) is 1. The molecule has 1 amide bonds. The van der Waals surface area contributed by atoms with Crippen molar-refractivity contribution in [1.29, 1.82) is 0 Å². The molecule has 1 saturated heterocycles. The van der Waals surface area contributed by atoms with Gasteiger partial charge in [-0.15, -0.1) is 6.42 Å². The number of anilines is 1. The Labute approximate surface area is 115 Å². The summed E-state index contributed by atoms with van der Waals surface area (Å²) in [6.45, 7) is 4.30. The number of carbonyl (C=O) groups is 1. The molecule has 1 aliphatic heterocycles. The molecule has 0 spiro atoms. The number of amides is 1. The summed E-state index contributed by atoms with van der Waals surface area (Å²) < 4.78 is 0. The summed E-state index contributed by atoms with van der Waals surface area (Å²) in [6, 6.07) is 7.57. The van der Waals surface area contributed by atoms with Crippen LogP contribution in [0.3, 0.4) is 0 Å². The molecule has 1 aromatic rings. The van der Waals surface area contributed by atoms with Gasteiger partial charge >= 0.3 is 0 Å². The number of carbonyl (C=O) groups excluding carboxylic acids is 1. The van der Waals surface area contributed by atoms with Crippen LogP contribution in [0.5, 0.6) is 0 Å². The zero-order valence-corrected chi connectivity index (χ0v) is 11.4. The summed E-state index contributed by atoms with van der Waals surface area (Å²) >= 11 is 0. The van der Waals surface area contributed by atoms with E-state index >= 15 is 0 Å². The maximum atomic E-state index is 12.1. The van der Waals surface area contributed by atoms with Gasteiger partial charge in [-0.2, -0.15) is 0 Å². The third-order valence-corrected chi connectivity index (χ3v) is 3.48. The molecule has 1 heterocycles. The molecule has 3 heteroatoms. The maximum absolute atomic E-state index is 12.1. The summed E-state index contributed by atoms with van der Waals surface area (Å²) in [5, 5.41) is 3.14. The van der Waals surface area contributed by atoms with Crippen LogP contribution in [-0.4, -0.2) is 30.4 Å². The number of hydrogen-bond acceptors (Lipinski definition) is 2. The molecule has 1 N–H and O–H groups in total. The van der Waals surface area contributed by atoms with Gasteiger partial charge in [-0.1, -0.05) is 18.9 Å². The van der Waals surface area contributed by atoms with Crippen molar-refractivity contribution in [2.45, 2.75) is 19.8 Å². The van der Waals surface area contributed by atoms with Crippen LogP contribution in [0.2, 0.25) is 0 Å². The minimum absolute atomic E-state index is 0.165. The van der Waals surface area contributed by atoms with E-state index in [-0.39, 0.29) is 5.91 Å². The molecule has 100 valence electrons. The first-order chi connectivity index (χ1) is 9.19. The first-order valence-corrected chi connectivity index (χ1v) is 6.77. The van der Waals surface area contributed by atoms with E-state index in [9.17, 15) is 4.79 Å². The lowest BCUT2D eigenvalue weighted by Gasteiger charge is -2.31. The predicted molar refractivity (Wildman–Crippen MR) is 77.8 cm³/mol. The molecule has 1 fully saturated rings. The molecule has 2 rings (SSSR count). The number of terminal acetylenes is 1. The monoisotopic (exact) mass is 256 g/mol. The number of rotatable bonds is 3. The molecule has 1 unspecified atom stereocenters. The second-order valence-corrected chi connectivity index (χ2v) is 5.17. The van der Waals surface area contributed by atoms with E-state index in [0.29, 0.717) is 12.5 Å². The van der Waals surface area contributed by atoms with Crippen LogP contribution < -0.4 is 5.32 Å². The maximum Gasteiger partial charge on any atom is 0.241 e. The molecule has 0 aliphatic carbocycles. The van der Waals surface area contributed by atoms with Gasteiger partial charge in [-0.25, -0.2) is 0 Å². The Morgan fingerprint density at radius 1 is 1.58 bits per heavy atom. The highest BCUT2D eigenvalue weighted by Crippen LogP contribution is 2.16. The third kappa shape index (κ3) is 3.75. The standard InChI is InChI=1S/C16H20N2O/c1-3-14-7-4-8-15(10-14)17-11-16(19)18-9-5-6-13(2)12-18/h1,4,7-8,10,13,17H,5-6,9,11-12H2,2H3. The highest BCUT2D eigenvalue weighted by atomic mass is 16.2. The Morgan fingerprint density at radius 2 is 2.42 bits per heavy atom. The van der Waals surface area contributed by atoms with Crippen LogP contribution in [0.15, 0.2) is 24.3 Å². The molecule has 19 heavy (non-hydrogen) atoms. The van der Waals surface area contributed by atoms with Crippen molar-refractivity contribution < 1.29 is 4.79 Å². The van der Waals surface area contributed by atoms with E-state index < -0.39 is 0 Å². The van der Waals surface area contributed by atoms with Crippen molar-refractivity contribution in [3.05, 3.63) is 29.8 Å². The van der Waals surface area contributed by atoms with Crippen LogP contribution in [0.1, 0.15) is 25.3 Å². The average Bonchev–Trinajstić information content (AvgIpc) is 2.45. The first-order valence-electron chi connectivity index (χ1n) is 6.77. The molecule has 0 radical (unpaired) electrons. The van der Waals surface area contributed by atoms with Gasteiger partial charge in [0.2, 0.25) is 5.91 Å². The summed E-state index contributed by atoms with van der Waals surface area (Å²) in [5.74, 6) is 3.37. The smallest absolute Gasteiger partial charge is 0.241 e. The van der Waals surface area contributed by atoms with Gasteiger partial charge in [-0.3, -0.25) is 4.79 Å². The molecule has 3 nitrogen and oxygen atoms in total. The van der Waals surface area contributed by atoms with Crippen molar-refractivity contribution in [3.8, 4) is 12.3 Å². The topological polar surface area (TPSA) is 32.3 Å². The lowest BCUT2D eigenvalue weighted by molar-refractivity contribution is -0.130. The van der Waals surface area contributed by atoms with Crippen LogP contribution in [-0.2, 0) is 4.79 Å². The molecule has 1 aromatic carbocycles. The zero-order chi connectivity index (χ0) is 13.7. The Bertz CT molecular complexity index is 490. The highest BCUT2D eigenvalue weighted by Gasteiger charge is 2.20. The van der Waals surface area contributed by atoms with E-state index in [1.165, 1.54) is 6.42 Å². The minimum Gasteiger partial charge on any atom is -0.376 e. The summed E-state index contributed by atoms with van der Waals surface area (Å²) in [6.07, 6.45) is 7.69. The van der Waals surface area contributed by atoms with Gasteiger partial charge in [-0.05, 0) is 37.0 Å². The molecule has 1 aliphatic rings. The van der Waals surface area contributed by atoms with Gasteiger partial charge in [0.25, 0.3) is 0 Å². The molecule has 0 saturated carbocycles. The van der Waals surface area contributed by atoms with Crippen LogP contribution in [0.4, 0.5) is 5.69 Å². The van der Waals surface area contributed by atoms with Gasteiger partial charge in [0.1, 0.15) is 0 Å². The summed E-state index contributed by atoms with van der Waals surface area (Å²) in [5.41, 5.74) is 1.72. The lowest BCUT2D eigenvalue weighted by atomic mass is 10.0. The van der Waals surface area contributed by atoms with Crippen LogP contribution in [0.25, 0.3) is 0 Å². The lowest BCUT2D eigenvalue weighted by Crippen LogP contribution is -2.41. The third-order valence-electron chi connectivity index (χ3n) is 3.48. The Kier molecular flexibility index (Phi) is 4.46. The minimum atomic E-state index is 0.165. The first kappa shape index (κ1) is 13.5. The number of benzene rings is 1. The molecule has 0 aromatic heterocycles. The van der Waals surface area contributed by atoms with Gasteiger partial charge in [0.15, 0.2) is 0 Å². The van der Waals surface area contributed by atoms with Crippen molar-refractivity contribution >= 4 is 11.6 Å². The number of nitrogens with one attached hydrogen (secondary N) is 1. The van der Waals surface area contributed by atoms with E-state index in [4.69, 9.17) is 6.42 Å². The fourth-order valence-corrected chi connectivity index (χ4v) is 2.42. The Balaban J connectivity index is 1.87. The van der Waals surface area contributed by atoms with Crippen molar-refractivity contribution in [3.63, 3.8) is 0 Å². The molecular formula is C16H20N2O. The fourth-order valence-electron chi connectivity index (χ4n) is 2.42. The van der Waals surface area contributed by atoms with Crippen molar-refractivity contribution in [2.24, 2.45) is 5.92 Å². The zero-order valence-electron chi connectivity index (χ0n) is 11.4. The van der Waals surface area contributed by atoms with Crippen LogP contribution in [0, 0.1) is 18.3 Å².